The van der Waals surface area contributed by atoms with Crippen molar-refractivity contribution in [2.75, 3.05) is 0 Å². The lowest BCUT2D eigenvalue weighted by molar-refractivity contribution is -0.137. The summed E-state index contributed by atoms with van der Waals surface area (Å²) in [6.45, 7) is 1.72. The average molecular weight is 184 g/mol. The molecule has 0 aromatic carbocycles. The summed E-state index contributed by atoms with van der Waals surface area (Å²) in [4.78, 5) is 20.2. The monoisotopic (exact) mass is 184 g/mol. The number of carbonyl (C=O) groups is 2. The molecule has 0 spiro atoms. The minimum atomic E-state index is -0.901. The molecule has 0 aliphatic carbocycles. The van der Waals surface area contributed by atoms with Gasteiger partial charge in [0, 0.05) is 0 Å². The Kier molecular flexibility index (Phi) is 5.27. The summed E-state index contributed by atoms with van der Waals surface area (Å²) in [5, 5.41) is 16.6. The lowest BCUT2D eigenvalue weighted by Gasteiger charge is -1.90. The first-order valence-electron chi connectivity index (χ1n) is 3.79. The smallest absolute Gasteiger partial charge is 0.307 e. The number of aliphatic carboxylic acids is 2. The molecular formula is C9H12O4. The standard InChI is InChI=1S/C9H12O4/c1-7(5-6-9(12)13)3-2-4-8(10)11/h2-3,5H,4,6H2,1H3,(H,10,11)(H,12,13)/b3-2+,7-5+. The van der Waals surface area contributed by atoms with E-state index in [0.29, 0.717) is 0 Å². The molecule has 0 aromatic rings. The molecule has 0 atom stereocenters. The van der Waals surface area contributed by atoms with Gasteiger partial charge in [0.25, 0.3) is 0 Å². The molecule has 72 valence electrons. The highest BCUT2D eigenvalue weighted by atomic mass is 16.4. The third-order valence-corrected chi connectivity index (χ3v) is 1.27. The Bertz CT molecular complexity index is 250. The molecule has 0 heterocycles. The van der Waals surface area contributed by atoms with Gasteiger partial charge < -0.3 is 10.2 Å². The minimum absolute atomic E-state index is 0.0384. The molecule has 0 bridgehead atoms. The molecule has 0 rings (SSSR count). The molecule has 0 aliphatic heterocycles. The van der Waals surface area contributed by atoms with E-state index in [2.05, 4.69) is 0 Å². The zero-order valence-electron chi connectivity index (χ0n) is 7.36. The number of rotatable bonds is 5. The van der Waals surface area contributed by atoms with Gasteiger partial charge in [-0.3, -0.25) is 9.59 Å². The Morgan fingerprint density at radius 3 is 2.15 bits per heavy atom. The molecule has 4 nitrogen and oxygen atoms in total. The second kappa shape index (κ2) is 5.99. The molecule has 0 aromatic heterocycles. The van der Waals surface area contributed by atoms with Crippen molar-refractivity contribution in [1.29, 1.82) is 0 Å². The maximum absolute atomic E-state index is 10.1. The highest BCUT2D eigenvalue weighted by Crippen LogP contribution is 1.98. The molecule has 0 radical (unpaired) electrons. The van der Waals surface area contributed by atoms with Crippen molar-refractivity contribution in [2.45, 2.75) is 19.8 Å². The van der Waals surface area contributed by atoms with Crippen molar-refractivity contribution in [1.82, 2.24) is 0 Å². The summed E-state index contributed by atoms with van der Waals surface area (Å²) in [5.41, 5.74) is 0.753. The van der Waals surface area contributed by atoms with Crippen molar-refractivity contribution >= 4 is 11.9 Å². The van der Waals surface area contributed by atoms with Crippen LogP contribution in [0, 0.1) is 0 Å². The lowest BCUT2D eigenvalue weighted by atomic mass is 10.2. The quantitative estimate of drug-likeness (QED) is 0.634. The van der Waals surface area contributed by atoms with Crippen molar-refractivity contribution in [3.8, 4) is 0 Å². The average Bonchev–Trinajstić information content (AvgIpc) is 2.00. The van der Waals surface area contributed by atoms with Crippen molar-refractivity contribution in [3.63, 3.8) is 0 Å². The summed E-state index contributed by atoms with van der Waals surface area (Å²) in [6.07, 6.45) is 4.52. The predicted molar refractivity (Wildman–Crippen MR) is 47.4 cm³/mol. The Hall–Kier alpha value is -1.58. The number of carboxylic acids is 2. The largest absolute Gasteiger partial charge is 0.481 e. The molecule has 0 unspecified atom stereocenters. The van der Waals surface area contributed by atoms with Crippen LogP contribution in [0.5, 0.6) is 0 Å². The summed E-state index contributed by atoms with van der Waals surface area (Å²) in [7, 11) is 0. The molecule has 4 heteroatoms. The SMILES string of the molecule is CC(/C=C/CC(=O)O)=C\CC(=O)O. The first kappa shape index (κ1) is 11.4. The molecular weight excluding hydrogens is 172 g/mol. The third-order valence-electron chi connectivity index (χ3n) is 1.27. The van der Waals surface area contributed by atoms with E-state index in [9.17, 15) is 9.59 Å². The summed E-state index contributed by atoms with van der Waals surface area (Å²) < 4.78 is 0. The zero-order chi connectivity index (χ0) is 10.3. The van der Waals surface area contributed by atoms with Gasteiger partial charge in [0.2, 0.25) is 0 Å². The van der Waals surface area contributed by atoms with Crippen molar-refractivity contribution < 1.29 is 19.8 Å². The van der Waals surface area contributed by atoms with Crippen LogP contribution in [0.2, 0.25) is 0 Å². The number of carboxylic acid groups (broad SMARTS) is 2. The van der Waals surface area contributed by atoms with Gasteiger partial charge in [-0.2, -0.15) is 0 Å². The van der Waals surface area contributed by atoms with E-state index in [-0.39, 0.29) is 12.8 Å². The number of hydrogen-bond acceptors (Lipinski definition) is 2. The number of allylic oxidation sites excluding steroid dienone is 2. The van der Waals surface area contributed by atoms with Gasteiger partial charge in [-0.1, -0.05) is 23.8 Å². The van der Waals surface area contributed by atoms with Gasteiger partial charge in [0.05, 0.1) is 12.8 Å². The molecule has 0 saturated carbocycles. The fourth-order valence-corrected chi connectivity index (χ4v) is 0.662. The van der Waals surface area contributed by atoms with Crippen LogP contribution in [0.4, 0.5) is 0 Å². The fourth-order valence-electron chi connectivity index (χ4n) is 0.662. The van der Waals surface area contributed by atoms with Crippen LogP contribution >= 0.6 is 0 Å². The Morgan fingerprint density at radius 2 is 1.69 bits per heavy atom. The molecule has 0 fully saturated rings. The molecule has 13 heavy (non-hydrogen) atoms. The normalized spacial score (nSPS) is 11.9. The van der Waals surface area contributed by atoms with Crippen LogP contribution in [0.15, 0.2) is 23.8 Å². The van der Waals surface area contributed by atoms with Crippen LogP contribution < -0.4 is 0 Å². The Labute approximate surface area is 76.2 Å². The highest BCUT2D eigenvalue weighted by molar-refractivity contribution is 5.69. The first-order valence-corrected chi connectivity index (χ1v) is 3.79. The van der Waals surface area contributed by atoms with Gasteiger partial charge in [0.1, 0.15) is 0 Å². The van der Waals surface area contributed by atoms with Crippen LogP contribution in [0.3, 0.4) is 0 Å². The van der Waals surface area contributed by atoms with E-state index in [4.69, 9.17) is 10.2 Å². The van der Waals surface area contributed by atoms with Crippen LogP contribution in [0.1, 0.15) is 19.8 Å². The molecule has 2 N–H and O–H groups in total. The van der Waals surface area contributed by atoms with Gasteiger partial charge in [-0.15, -0.1) is 0 Å². The van der Waals surface area contributed by atoms with E-state index in [1.54, 1.807) is 13.0 Å². The topological polar surface area (TPSA) is 74.6 Å². The predicted octanol–water partition coefficient (Wildman–Crippen LogP) is 1.44. The second-order valence-corrected chi connectivity index (χ2v) is 2.55. The third kappa shape index (κ3) is 8.33. The second-order valence-electron chi connectivity index (χ2n) is 2.55. The summed E-state index contributed by atoms with van der Waals surface area (Å²) in [6, 6.07) is 0. The molecule has 0 aliphatic rings. The van der Waals surface area contributed by atoms with Gasteiger partial charge >= 0.3 is 11.9 Å². The lowest BCUT2D eigenvalue weighted by Crippen LogP contribution is -1.91. The Balaban J connectivity index is 3.91. The highest BCUT2D eigenvalue weighted by Gasteiger charge is 1.92. The number of hydrogen-bond donors (Lipinski definition) is 2. The van der Waals surface area contributed by atoms with Crippen LogP contribution in [0.25, 0.3) is 0 Å². The summed E-state index contributed by atoms with van der Waals surface area (Å²) >= 11 is 0. The maximum atomic E-state index is 10.1. The van der Waals surface area contributed by atoms with Gasteiger partial charge in [-0.05, 0) is 6.92 Å². The van der Waals surface area contributed by atoms with Crippen LogP contribution in [-0.4, -0.2) is 22.2 Å². The van der Waals surface area contributed by atoms with E-state index < -0.39 is 11.9 Å². The van der Waals surface area contributed by atoms with E-state index in [1.807, 2.05) is 0 Å². The van der Waals surface area contributed by atoms with E-state index in [1.165, 1.54) is 12.2 Å². The maximum Gasteiger partial charge on any atom is 0.307 e. The summed E-state index contributed by atoms with van der Waals surface area (Å²) in [5.74, 6) is -1.80. The molecule has 0 amide bonds. The fraction of sp³-hybridized carbons (Fsp3) is 0.333. The van der Waals surface area contributed by atoms with Crippen LogP contribution in [-0.2, 0) is 9.59 Å². The van der Waals surface area contributed by atoms with Gasteiger partial charge in [-0.25, -0.2) is 0 Å². The van der Waals surface area contributed by atoms with Crippen molar-refractivity contribution in [3.05, 3.63) is 23.8 Å². The molecule has 0 saturated heterocycles. The Morgan fingerprint density at radius 1 is 1.15 bits per heavy atom. The first-order chi connectivity index (χ1) is 6.02. The zero-order valence-corrected chi connectivity index (χ0v) is 7.36. The van der Waals surface area contributed by atoms with E-state index >= 15 is 0 Å². The van der Waals surface area contributed by atoms with Crippen molar-refractivity contribution in [2.24, 2.45) is 0 Å². The van der Waals surface area contributed by atoms with E-state index in [0.717, 1.165) is 5.57 Å². The van der Waals surface area contributed by atoms with Gasteiger partial charge in [0.15, 0.2) is 0 Å². The minimum Gasteiger partial charge on any atom is -0.481 e.